The molecule has 0 bridgehead atoms. The quantitative estimate of drug-likeness (QED) is 0.722. The van der Waals surface area contributed by atoms with Crippen LogP contribution in [0.1, 0.15) is 52.9 Å². The van der Waals surface area contributed by atoms with Gasteiger partial charge in [-0.2, -0.15) is 0 Å². The lowest BCUT2D eigenvalue weighted by Gasteiger charge is -2.58. The van der Waals surface area contributed by atoms with Crippen LogP contribution in [0.5, 0.6) is 0 Å². The number of ketones is 1. The van der Waals surface area contributed by atoms with Crippen molar-refractivity contribution in [3.05, 3.63) is 23.8 Å². The summed E-state index contributed by atoms with van der Waals surface area (Å²) in [5.41, 5.74) is 0.248. The molecule has 0 saturated heterocycles. The fourth-order valence-corrected chi connectivity index (χ4v) is 6.55. The van der Waals surface area contributed by atoms with Crippen molar-refractivity contribution in [3.63, 3.8) is 0 Å². The van der Waals surface area contributed by atoms with Crippen molar-refractivity contribution in [2.75, 3.05) is 0 Å². The second-order valence-electron chi connectivity index (χ2n) is 9.02. The number of rotatable bonds is 0. The Morgan fingerprint density at radius 1 is 1.22 bits per heavy atom. The van der Waals surface area contributed by atoms with Crippen molar-refractivity contribution < 1.29 is 15.0 Å². The van der Waals surface area contributed by atoms with Crippen LogP contribution in [0, 0.1) is 28.6 Å². The number of carbonyl (C=O) groups excluding carboxylic acids is 1. The monoisotopic (exact) mass is 316 g/mol. The van der Waals surface area contributed by atoms with Gasteiger partial charge < -0.3 is 10.2 Å². The Morgan fingerprint density at radius 3 is 2.70 bits per heavy atom. The van der Waals surface area contributed by atoms with Crippen LogP contribution in [-0.2, 0) is 4.79 Å². The van der Waals surface area contributed by atoms with Gasteiger partial charge in [-0.05, 0) is 62.5 Å². The molecule has 3 saturated carbocycles. The van der Waals surface area contributed by atoms with Gasteiger partial charge in [-0.15, -0.1) is 0 Å². The molecule has 0 spiro atoms. The van der Waals surface area contributed by atoms with Gasteiger partial charge in [-0.1, -0.05) is 25.5 Å². The molecule has 3 nitrogen and oxygen atoms in total. The highest BCUT2D eigenvalue weighted by molar-refractivity contribution is 6.01. The first-order valence-corrected chi connectivity index (χ1v) is 9.04. The third-order valence-electron chi connectivity index (χ3n) is 8.06. The van der Waals surface area contributed by atoms with Gasteiger partial charge in [0.15, 0.2) is 5.78 Å². The van der Waals surface area contributed by atoms with Gasteiger partial charge in [0.05, 0.1) is 11.7 Å². The molecule has 0 aromatic rings. The number of hydrogen-bond acceptors (Lipinski definition) is 3. The second-order valence-corrected chi connectivity index (χ2v) is 9.02. The molecule has 3 fully saturated rings. The van der Waals surface area contributed by atoms with Crippen molar-refractivity contribution in [2.24, 2.45) is 28.6 Å². The smallest absolute Gasteiger partial charge is 0.178 e. The zero-order valence-electron chi connectivity index (χ0n) is 14.4. The minimum atomic E-state index is -0.780. The molecule has 0 heterocycles. The van der Waals surface area contributed by atoms with E-state index in [0.29, 0.717) is 18.3 Å². The Morgan fingerprint density at radius 2 is 1.96 bits per heavy atom. The third-order valence-corrected chi connectivity index (χ3v) is 8.06. The molecule has 0 aromatic carbocycles. The van der Waals surface area contributed by atoms with Gasteiger partial charge in [0, 0.05) is 17.3 Å². The Bertz CT molecular complexity index is 616. The summed E-state index contributed by atoms with van der Waals surface area (Å²) in [5, 5.41) is 21.7. The highest BCUT2D eigenvalue weighted by Gasteiger charge is 2.65. The molecule has 0 radical (unpaired) electrons. The van der Waals surface area contributed by atoms with E-state index in [2.05, 4.69) is 19.9 Å². The van der Waals surface area contributed by atoms with E-state index in [1.807, 2.05) is 13.0 Å². The highest BCUT2D eigenvalue weighted by Crippen LogP contribution is 2.66. The van der Waals surface area contributed by atoms with Crippen LogP contribution in [0.25, 0.3) is 0 Å². The minimum absolute atomic E-state index is 0.0493. The van der Waals surface area contributed by atoms with Crippen LogP contribution >= 0.6 is 0 Å². The molecule has 4 rings (SSSR count). The van der Waals surface area contributed by atoms with Crippen LogP contribution in [-0.4, -0.2) is 27.7 Å². The lowest BCUT2D eigenvalue weighted by molar-refractivity contribution is -0.120. The van der Waals surface area contributed by atoms with Gasteiger partial charge in [0.2, 0.25) is 0 Å². The van der Waals surface area contributed by atoms with Crippen molar-refractivity contribution >= 4 is 5.78 Å². The number of fused-ring (bicyclic) bond motifs is 5. The number of hydrogen-bond donors (Lipinski definition) is 2. The third kappa shape index (κ3) is 1.87. The first-order chi connectivity index (χ1) is 10.7. The summed E-state index contributed by atoms with van der Waals surface area (Å²) in [6, 6.07) is 0. The number of aliphatic hydroxyl groups excluding tert-OH is 1. The van der Waals surface area contributed by atoms with Gasteiger partial charge in [0.1, 0.15) is 0 Å². The maximum atomic E-state index is 11.8. The summed E-state index contributed by atoms with van der Waals surface area (Å²) in [4.78, 5) is 11.8. The first-order valence-electron chi connectivity index (χ1n) is 9.04. The average Bonchev–Trinajstić information content (AvgIpc) is 2.65. The SMILES string of the molecule is C[C@]12C=CC(=O)C=C1CC[C@H]1[C@@H]3[C@@H](O)C[C@](C)(O)[C@@]3(C)CC[C@@H]12. The van der Waals surface area contributed by atoms with E-state index in [0.717, 1.165) is 25.7 Å². The molecule has 0 aliphatic heterocycles. The molecular weight excluding hydrogens is 288 g/mol. The number of aliphatic hydroxyl groups is 2. The van der Waals surface area contributed by atoms with Gasteiger partial charge in [-0.25, -0.2) is 0 Å². The van der Waals surface area contributed by atoms with E-state index < -0.39 is 11.7 Å². The molecule has 23 heavy (non-hydrogen) atoms. The highest BCUT2D eigenvalue weighted by atomic mass is 16.3. The number of allylic oxidation sites excluding steroid dienone is 4. The van der Waals surface area contributed by atoms with Crippen LogP contribution in [0.2, 0.25) is 0 Å². The molecule has 3 heteroatoms. The molecular formula is C20H28O3. The van der Waals surface area contributed by atoms with Crippen LogP contribution < -0.4 is 0 Å². The fraction of sp³-hybridized carbons (Fsp3) is 0.750. The van der Waals surface area contributed by atoms with Gasteiger partial charge in [-0.3, -0.25) is 4.79 Å². The zero-order chi connectivity index (χ0) is 16.6. The molecule has 0 aromatic heterocycles. The summed E-state index contributed by atoms with van der Waals surface area (Å²) in [5.74, 6) is 1.17. The topological polar surface area (TPSA) is 57.5 Å². The zero-order valence-corrected chi connectivity index (χ0v) is 14.4. The Labute approximate surface area is 138 Å². The normalized spacial score (nSPS) is 55.0. The van der Waals surface area contributed by atoms with E-state index in [1.165, 1.54) is 5.57 Å². The average molecular weight is 316 g/mol. The van der Waals surface area contributed by atoms with E-state index in [9.17, 15) is 15.0 Å². The van der Waals surface area contributed by atoms with Gasteiger partial charge in [0.25, 0.3) is 0 Å². The van der Waals surface area contributed by atoms with Crippen molar-refractivity contribution in [3.8, 4) is 0 Å². The van der Waals surface area contributed by atoms with E-state index >= 15 is 0 Å². The Kier molecular flexibility index (Phi) is 3.10. The Hall–Kier alpha value is -0.930. The maximum Gasteiger partial charge on any atom is 0.178 e. The Balaban J connectivity index is 1.74. The lowest BCUT2D eigenvalue weighted by Crippen LogP contribution is -2.54. The van der Waals surface area contributed by atoms with Crippen molar-refractivity contribution in [1.29, 1.82) is 0 Å². The largest absolute Gasteiger partial charge is 0.393 e. The summed E-state index contributed by atoms with van der Waals surface area (Å²) in [6.45, 7) is 6.35. The van der Waals surface area contributed by atoms with E-state index in [4.69, 9.17) is 0 Å². The van der Waals surface area contributed by atoms with Crippen LogP contribution in [0.4, 0.5) is 0 Å². The van der Waals surface area contributed by atoms with Crippen LogP contribution in [0.3, 0.4) is 0 Å². The van der Waals surface area contributed by atoms with Crippen molar-refractivity contribution in [1.82, 2.24) is 0 Å². The van der Waals surface area contributed by atoms with Gasteiger partial charge >= 0.3 is 0 Å². The molecule has 126 valence electrons. The molecule has 7 atom stereocenters. The minimum Gasteiger partial charge on any atom is -0.393 e. The van der Waals surface area contributed by atoms with Crippen LogP contribution in [0.15, 0.2) is 23.8 Å². The second kappa shape index (κ2) is 4.58. The molecule has 2 N–H and O–H groups in total. The first kappa shape index (κ1) is 15.6. The molecule has 4 aliphatic rings. The number of carbonyl (C=O) groups is 1. The predicted molar refractivity (Wildman–Crippen MR) is 88.6 cm³/mol. The molecule has 4 aliphatic carbocycles. The predicted octanol–water partition coefficient (Wildman–Crippen LogP) is 3.02. The summed E-state index contributed by atoms with van der Waals surface area (Å²) >= 11 is 0. The van der Waals surface area contributed by atoms with E-state index in [-0.39, 0.29) is 22.5 Å². The molecule has 0 amide bonds. The fourth-order valence-electron chi connectivity index (χ4n) is 6.55. The summed E-state index contributed by atoms with van der Waals surface area (Å²) in [6.07, 6.45) is 9.74. The molecule has 0 unspecified atom stereocenters. The summed E-state index contributed by atoms with van der Waals surface area (Å²) in [7, 11) is 0. The summed E-state index contributed by atoms with van der Waals surface area (Å²) < 4.78 is 0. The van der Waals surface area contributed by atoms with E-state index in [1.54, 1.807) is 6.08 Å². The standard InChI is InChI=1S/C20H28O3/c1-18-8-6-13(21)10-12(18)4-5-14-15(18)7-9-19(2)17(14)16(22)11-20(19,3)23/h6,8,10,14-17,22-23H,4-5,7,9,11H2,1-3H3/t14-,15+,16+,17-,18+,19+,20+/m1/s1. The lowest BCUT2D eigenvalue weighted by atomic mass is 9.47. The van der Waals surface area contributed by atoms with Crippen molar-refractivity contribution in [2.45, 2.75) is 64.6 Å². The maximum absolute atomic E-state index is 11.8.